The lowest BCUT2D eigenvalue weighted by Gasteiger charge is -2.47. The van der Waals surface area contributed by atoms with Crippen molar-refractivity contribution in [1.29, 1.82) is 0 Å². The summed E-state index contributed by atoms with van der Waals surface area (Å²) in [5, 5.41) is 9.70. The third-order valence-electron chi connectivity index (χ3n) is 6.43. The number of esters is 1. The Bertz CT molecular complexity index is 1330. The third-order valence-corrected chi connectivity index (χ3v) is 6.43. The average molecular weight is 543 g/mol. The van der Waals surface area contributed by atoms with E-state index in [-0.39, 0.29) is 29.9 Å². The van der Waals surface area contributed by atoms with E-state index in [9.17, 15) is 22.8 Å². The molecule has 1 fully saturated rings. The summed E-state index contributed by atoms with van der Waals surface area (Å²) in [4.78, 5) is 32.2. The Kier molecular flexibility index (Phi) is 8.03. The summed E-state index contributed by atoms with van der Waals surface area (Å²) in [6.45, 7) is 6.34. The van der Waals surface area contributed by atoms with Gasteiger partial charge in [-0.25, -0.2) is 19.4 Å². The van der Waals surface area contributed by atoms with E-state index in [1.807, 2.05) is 12.1 Å². The summed E-state index contributed by atoms with van der Waals surface area (Å²) in [7, 11) is 0. The average Bonchev–Trinajstić information content (AvgIpc) is 3.38. The molecule has 1 aliphatic rings. The number of carbonyl (C=O) groups excluding carboxylic acids is 2. The summed E-state index contributed by atoms with van der Waals surface area (Å²) >= 11 is 0. The van der Waals surface area contributed by atoms with Gasteiger partial charge < -0.3 is 15.4 Å². The highest BCUT2D eigenvalue weighted by Gasteiger charge is 2.41. The predicted molar refractivity (Wildman–Crippen MR) is 137 cm³/mol. The highest BCUT2D eigenvalue weighted by Crippen LogP contribution is 2.51. The molecule has 0 radical (unpaired) electrons. The monoisotopic (exact) mass is 542 g/mol. The number of amides is 1. The molecule has 3 aromatic rings. The van der Waals surface area contributed by atoms with E-state index in [1.54, 1.807) is 19.1 Å². The van der Waals surface area contributed by atoms with Crippen molar-refractivity contribution in [3.05, 3.63) is 78.0 Å². The van der Waals surface area contributed by atoms with Gasteiger partial charge in [0.1, 0.15) is 0 Å². The van der Waals surface area contributed by atoms with Crippen LogP contribution in [0.3, 0.4) is 0 Å². The van der Waals surface area contributed by atoms with Gasteiger partial charge in [0.25, 0.3) is 11.9 Å². The van der Waals surface area contributed by atoms with E-state index in [4.69, 9.17) is 4.74 Å². The molecule has 1 unspecified atom stereocenters. The van der Waals surface area contributed by atoms with Crippen molar-refractivity contribution in [2.24, 2.45) is 11.3 Å². The highest BCUT2D eigenvalue weighted by atomic mass is 19.4. The number of hydrogen-bond acceptors (Lipinski definition) is 7. The molecular formula is C27H29F3N6O3. The zero-order chi connectivity index (χ0) is 28.2. The number of carbonyl (C=O) groups is 2. The topological polar surface area (TPSA) is 111 Å². The van der Waals surface area contributed by atoms with Crippen molar-refractivity contribution in [3.63, 3.8) is 0 Å². The Balaban J connectivity index is 1.47. The molecule has 0 bridgehead atoms. The fourth-order valence-electron chi connectivity index (χ4n) is 4.64. The van der Waals surface area contributed by atoms with Gasteiger partial charge in [0.15, 0.2) is 0 Å². The summed E-state index contributed by atoms with van der Waals surface area (Å²) in [6, 6.07) is 7.04. The van der Waals surface area contributed by atoms with Gasteiger partial charge in [0, 0.05) is 24.0 Å². The van der Waals surface area contributed by atoms with Crippen LogP contribution < -0.4 is 10.6 Å². The first-order valence-electron chi connectivity index (χ1n) is 12.4. The molecule has 4 rings (SSSR count). The molecule has 0 aliphatic heterocycles. The quantitative estimate of drug-likeness (QED) is 0.287. The molecule has 39 heavy (non-hydrogen) atoms. The minimum atomic E-state index is -4.50. The number of benzene rings is 1. The van der Waals surface area contributed by atoms with E-state index >= 15 is 0 Å². The zero-order valence-corrected chi connectivity index (χ0v) is 21.7. The largest absolute Gasteiger partial charge is 0.463 e. The van der Waals surface area contributed by atoms with Crippen LogP contribution in [0.1, 0.15) is 61.1 Å². The summed E-state index contributed by atoms with van der Waals surface area (Å²) in [5.41, 5.74) is 1.31. The number of aromatic nitrogens is 4. The molecule has 2 aromatic heterocycles. The maximum atomic E-state index is 12.9. The number of nitrogens with zero attached hydrogens (tertiary/aromatic N) is 4. The lowest BCUT2D eigenvalue weighted by atomic mass is 9.61. The molecule has 1 aliphatic carbocycles. The van der Waals surface area contributed by atoms with Gasteiger partial charge in [-0.05, 0) is 48.8 Å². The molecule has 12 heteroatoms. The van der Waals surface area contributed by atoms with Gasteiger partial charge in [0.2, 0.25) is 0 Å². The summed E-state index contributed by atoms with van der Waals surface area (Å²) in [6.07, 6.45) is 4.43. The molecule has 1 amide bonds. The van der Waals surface area contributed by atoms with Gasteiger partial charge >= 0.3 is 12.1 Å². The smallest absolute Gasteiger partial charge is 0.419 e. The highest BCUT2D eigenvalue weighted by molar-refractivity contribution is 5.95. The first-order valence-corrected chi connectivity index (χ1v) is 12.4. The van der Waals surface area contributed by atoms with Crippen LogP contribution in [0.5, 0.6) is 0 Å². The second kappa shape index (κ2) is 11.3. The van der Waals surface area contributed by atoms with Crippen LogP contribution in [0.2, 0.25) is 0 Å². The number of ether oxygens (including phenoxy) is 1. The Labute approximate surface area is 223 Å². The summed E-state index contributed by atoms with van der Waals surface area (Å²) < 4.78 is 44.4. The van der Waals surface area contributed by atoms with Crippen molar-refractivity contribution < 1.29 is 27.5 Å². The lowest BCUT2D eigenvalue weighted by Crippen LogP contribution is -2.38. The molecule has 2 N–H and O–H groups in total. The molecule has 1 atom stereocenters. The Morgan fingerprint density at radius 3 is 2.38 bits per heavy atom. The second-order valence-corrected chi connectivity index (χ2v) is 10.1. The first kappa shape index (κ1) is 27.8. The van der Waals surface area contributed by atoms with E-state index in [1.165, 1.54) is 18.6 Å². The second-order valence-electron chi connectivity index (χ2n) is 10.1. The van der Waals surface area contributed by atoms with E-state index in [0.29, 0.717) is 17.2 Å². The van der Waals surface area contributed by atoms with Gasteiger partial charge in [-0.2, -0.15) is 18.3 Å². The lowest BCUT2D eigenvalue weighted by molar-refractivity contribution is -0.138. The van der Waals surface area contributed by atoms with Crippen molar-refractivity contribution in [2.75, 3.05) is 11.9 Å². The standard InChI is InChI=1S/C27H29F3N6O3/c1-4-39-22(37)9-10-31-24(38)18-7-5-17(6-8-18)23(19-11-26(2,3)12-19)35-21-14-32-25(33-15-21)36-16-20(13-34-36)27(28,29)30/h5-10,13-16,19,23,35H,4,11-12H2,1-3H3,(H,31,38). The van der Waals surface area contributed by atoms with Crippen LogP contribution in [0, 0.1) is 11.3 Å². The number of alkyl halides is 3. The Hall–Kier alpha value is -4.22. The van der Waals surface area contributed by atoms with Gasteiger partial charge in [0.05, 0.1) is 42.5 Å². The number of anilines is 1. The molecule has 0 spiro atoms. The number of hydrogen-bond donors (Lipinski definition) is 2. The summed E-state index contributed by atoms with van der Waals surface area (Å²) in [5.74, 6) is -0.581. The predicted octanol–water partition coefficient (Wildman–Crippen LogP) is 5.08. The maximum Gasteiger partial charge on any atom is 0.419 e. The zero-order valence-electron chi connectivity index (χ0n) is 21.7. The van der Waals surface area contributed by atoms with Crippen LogP contribution in [-0.4, -0.2) is 38.2 Å². The van der Waals surface area contributed by atoms with E-state index < -0.39 is 17.7 Å². The fraction of sp³-hybridized carbons (Fsp3) is 0.370. The number of halogens is 3. The van der Waals surface area contributed by atoms with Crippen LogP contribution in [0.4, 0.5) is 18.9 Å². The Morgan fingerprint density at radius 1 is 1.15 bits per heavy atom. The van der Waals surface area contributed by atoms with Crippen molar-refractivity contribution in [3.8, 4) is 5.95 Å². The van der Waals surface area contributed by atoms with E-state index in [2.05, 4.69) is 39.5 Å². The number of rotatable bonds is 9. The normalized spacial score (nSPS) is 15.9. The van der Waals surface area contributed by atoms with Crippen LogP contribution in [0.25, 0.3) is 5.95 Å². The van der Waals surface area contributed by atoms with Crippen molar-refractivity contribution >= 4 is 17.6 Å². The van der Waals surface area contributed by atoms with Gasteiger partial charge in [-0.3, -0.25) is 4.79 Å². The maximum absolute atomic E-state index is 12.9. The molecule has 1 aromatic carbocycles. The van der Waals surface area contributed by atoms with Crippen LogP contribution in [-0.2, 0) is 15.7 Å². The molecule has 2 heterocycles. The molecule has 206 valence electrons. The molecule has 9 nitrogen and oxygen atoms in total. The minimum Gasteiger partial charge on any atom is -0.463 e. The van der Waals surface area contributed by atoms with Crippen molar-refractivity contribution in [2.45, 2.75) is 45.8 Å². The molecule has 1 saturated carbocycles. The third kappa shape index (κ3) is 7.01. The Morgan fingerprint density at radius 2 is 1.82 bits per heavy atom. The first-order chi connectivity index (χ1) is 18.4. The molecule has 0 saturated heterocycles. The van der Waals surface area contributed by atoms with Crippen LogP contribution in [0.15, 0.2) is 61.3 Å². The van der Waals surface area contributed by atoms with E-state index in [0.717, 1.165) is 41.6 Å². The van der Waals surface area contributed by atoms with Gasteiger partial charge in [-0.15, -0.1) is 0 Å². The van der Waals surface area contributed by atoms with Crippen molar-refractivity contribution in [1.82, 2.24) is 25.1 Å². The van der Waals surface area contributed by atoms with Gasteiger partial charge in [-0.1, -0.05) is 26.0 Å². The fourth-order valence-corrected chi connectivity index (χ4v) is 4.64. The molecular weight excluding hydrogens is 513 g/mol. The van der Waals surface area contributed by atoms with Crippen LogP contribution >= 0.6 is 0 Å². The minimum absolute atomic E-state index is 0.0183. The SMILES string of the molecule is CCOC(=O)C=CNC(=O)c1ccc(C(Nc2cnc(-n3cc(C(F)(F)F)cn3)nc2)C2CC(C)(C)C2)cc1. The number of nitrogens with one attached hydrogen (secondary N) is 2.